The van der Waals surface area contributed by atoms with E-state index in [1.54, 1.807) is 0 Å². The Kier molecular flexibility index (Phi) is 4.31. The highest BCUT2D eigenvalue weighted by Crippen LogP contribution is 2.20. The molecular formula is C9H7BrFIO2. The average molecular weight is 373 g/mol. The number of carbonyl (C=O) groups is 1. The van der Waals surface area contributed by atoms with Gasteiger partial charge in [-0.05, 0) is 40.3 Å². The SMILES string of the molecule is COC(=O)c1cc(I)c(F)cc1CBr. The number of methoxy groups -OCH3 is 1. The second-order valence-electron chi connectivity index (χ2n) is 2.55. The standard InChI is InChI=1S/C9H7BrFIO2/c1-14-9(13)6-3-8(12)7(11)2-5(6)4-10/h2-3H,4H2,1H3. The van der Waals surface area contributed by atoms with Crippen LogP contribution in [0.1, 0.15) is 15.9 Å². The van der Waals surface area contributed by atoms with Gasteiger partial charge in [0.25, 0.3) is 0 Å². The van der Waals surface area contributed by atoms with Crippen molar-refractivity contribution in [1.29, 1.82) is 0 Å². The molecule has 0 unspecified atom stereocenters. The fraction of sp³-hybridized carbons (Fsp3) is 0.222. The molecule has 14 heavy (non-hydrogen) atoms. The molecular weight excluding hydrogens is 366 g/mol. The Hall–Kier alpha value is -0.170. The molecule has 0 atom stereocenters. The van der Waals surface area contributed by atoms with E-state index in [4.69, 9.17) is 0 Å². The van der Waals surface area contributed by atoms with Crippen LogP contribution in [-0.4, -0.2) is 13.1 Å². The van der Waals surface area contributed by atoms with Crippen LogP contribution in [0.4, 0.5) is 4.39 Å². The molecule has 5 heteroatoms. The van der Waals surface area contributed by atoms with Crippen molar-refractivity contribution in [2.45, 2.75) is 5.33 Å². The average Bonchev–Trinajstić information content (AvgIpc) is 2.20. The first-order valence-corrected chi connectivity index (χ1v) is 5.92. The van der Waals surface area contributed by atoms with Crippen LogP contribution >= 0.6 is 38.5 Å². The molecule has 0 aliphatic heterocycles. The molecule has 2 nitrogen and oxygen atoms in total. The minimum absolute atomic E-state index is 0.326. The number of esters is 1. The molecule has 0 amide bonds. The van der Waals surface area contributed by atoms with Gasteiger partial charge in [0.1, 0.15) is 5.82 Å². The van der Waals surface area contributed by atoms with Gasteiger partial charge in [-0.25, -0.2) is 9.18 Å². The maximum Gasteiger partial charge on any atom is 0.338 e. The minimum Gasteiger partial charge on any atom is -0.465 e. The van der Waals surface area contributed by atoms with Crippen LogP contribution in [0.5, 0.6) is 0 Å². The number of benzene rings is 1. The van der Waals surface area contributed by atoms with Crippen LogP contribution in [0, 0.1) is 9.39 Å². The van der Waals surface area contributed by atoms with Gasteiger partial charge in [-0.2, -0.15) is 0 Å². The van der Waals surface area contributed by atoms with E-state index in [0.717, 1.165) is 0 Å². The second kappa shape index (κ2) is 5.06. The second-order valence-corrected chi connectivity index (χ2v) is 4.27. The molecule has 1 aromatic rings. The molecule has 0 aliphatic carbocycles. The van der Waals surface area contributed by atoms with Gasteiger partial charge < -0.3 is 4.74 Å². The van der Waals surface area contributed by atoms with Crippen molar-refractivity contribution in [3.63, 3.8) is 0 Å². The third kappa shape index (κ3) is 2.44. The third-order valence-electron chi connectivity index (χ3n) is 1.70. The molecule has 0 aliphatic rings. The Morgan fingerprint density at radius 1 is 1.64 bits per heavy atom. The fourth-order valence-electron chi connectivity index (χ4n) is 0.999. The summed E-state index contributed by atoms with van der Waals surface area (Å²) in [7, 11) is 1.30. The van der Waals surface area contributed by atoms with Gasteiger partial charge in [-0.3, -0.25) is 0 Å². The summed E-state index contributed by atoms with van der Waals surface area (Å²) in [6.45, 7) is 0. The lowest BCUT2D eigenvalue weighted by molar-refractivity contribution is 0.0599. The van der Waals surface area contributed by atoms with Crippen LogP contribution in [0.2, 0.25) is 0 Å². The largest absolute Gasteiger partial charge is 0.465 e. The van der Waals surface area contributed by atoms with Crippen molar-refractivity contribution >= 4 is 44.5 Å². The van der Waals surface area contributed by atoms with E-state index in [1.807, 2.05) is 22.6 Å². The molecule has 0 saturated heterocycles. The fourth-order valence-corrected chi connectivity index (χ4v) is 1.93. The lowest BCUT2D eigenvalue weighted by atomic mass is 10.1. The molecule has 76 valence electrons. The van der Waals surface area contributed by atoms with Crippen molar-refractivity contribution in [1.82, 2.24) is 0 Å². The molecule has 0 bridgehead atoms. The predicted octanol–water partition coefficient (Wildman–Crippen LogP) is 3.11. The highest BCUT2D eigenvalue weighted by molar-refractivity contribution is 14.1. The topological polar surface area (TPSA) is 26.3 Å². The van der Waals surface area contributed by atoms with E-state index in [2.05, 4.69) is 20.7 Å². The molecule has 0 aromatic heterocycles. The van der Waals surface area contributed by atoms with Gasteiger partial charge in [0.05, 0.1) is 12.7 Å². The van der Waals surface area contributed by atoms with E-state index in [1.165, 1.54) is 19.2 Å². The molecule has 1 aromatic carbocycles. The van der Waals surface area contributed by atoms with E-state index < -0.39 is 5.97 Å². The smallest absolute Gasteiger partial charge is 0.338 e. The Balaban J connectivity index is 3.27. The zero-order valence-electron chi connectivity index (χ0n) is 7.31. The first kappa shape index (κ1) is 11.9. The number of hydrogen-bond donors (Lipinski definition) is 0. The number of carbonyl (C=O) groups excluding carboxylic acids is 1. The highest BCUT2D eigenvalue weighted by atomic mass is 127. The third-order valence-corrected chi connectivity index (χ3v) is 3.13. The zero-order chi connectivity index (χ0) is 10.7. The lowest BCUT2D eigenvalue weighted by Crippen LogP contribution is -2.06. The maximum absolute atomic E-state index is 13.1. The van der Waals surface area contributed by atoms with Crippen molar-refractivity contribution < 1.29 is 13.9 Å². The highest BCUT2D eigenvalue weighted by Gasteiger charge is 2.14. The van der Waals surface area contributed by atoms with Crippen LogP contribution in [0.15, 0.2) is 12.1 Å². The summed E-state index contributed by atoms with van der Waals surface area (Å²) in [5, 5.41) is 0.422. The molecule has 0 saturated carbocycles. The van der Waals surface area contributed by atoms with Gasteiger partial charge in [0.2, 0.25) is 0 Å². The lowest BCUT2D eigenvalue weighted by Gasteiger charge is -2.06. The predicted molar refractivity (Wildman–Crippen MR) is 63.1 cm³/mol. The normalized spacial score (nSPS) is 10.0. The monoisotopic (exact) mass is 372 g/mol. The summed E-state index contributed by atoms with van der Waals surface area (Å²) in [5.41, 5.74) is 0.991. The molecule has 0 spiro atoms. The Labute approximate surface area is 103 Å². The first-order valence-electron chi connectivity index (χ1n) is 3.72. The number of ether oxygens (including phenoxy) is 1. The van der Waals surface area contributed by atoms with E-state index in [0.29, 0.717) is 20.0 Å². The molecule has 0 radical (unpaired) electrons. The van der Waals surface area contributed by atoms with Crippen LogP contribution in [0.3, 0.4) is 0 Å². The molecule has 0 N–H and O–H groups in total. The molecule has 1 rings (SSSR count). The summed E-state index contributed by atoms with van der Waals surface area (Å²) >= 11 is 5.02. The Bertz CT molecular complexity index is 368. The van der Waals surface area contributed by atoms with Gasteiger partial charge in [-0.15, -0.1) is 0 Å². The first-order chi connectivity index (χ1) is 6.60. The summed E-state index contributed by atoms with van der Waals surface area (Å²) in [6.07, 6.45) is 0. The summed E-state index contributed by atoms with van der Waals surface area (Å²) in [6, 6.07) is 2.82. The van der Waals surface area contributed by atoms with Crippen LogP contribution in [-0.2, 0) is 10.1 Å². The minimum atomic E-state index is -0.447. The number of alkyl halides is 1. The maximum atomic E-state index is 13.1. The van der Waals surface area contributed by atoms with Crippen molar-refractivity contribution in [3.8, 4) is 0 Å². The molecule has 0 heterocycles. The number of hydrogen-bond acceptors (Lipinski definition) is 2. The van der Waals surface area contributed by atoms with E-state index >= 15 is 0 Å². The summed E-state index contributed by atoms with van der Waals surface area (Å²) in [4.78, 5) is 11.3. The van der Waals surface area contributed by atoms with Crippen molar-refractivity contribution in [2.24, 2.45) is 0 Å². The number of rotatable bonds is 2. The van der Waals surface area contributed by atoms with Gasteiger partial charge in [0.15, 0.2) is 0 Å². The zero-order valence-corrected chi connectivity index (χ0v) is 11.1. The van der Waals surface area contributed by atoms with Crippen molar-refractivity contribution in [2.75, 3.05) is 7.11 Å². The van der Waals surface area contributed by atoms with Gasteiger partial charge >= 0.3 is 5.97 Å². The summed E-state index contributed by atoms with van der Waals surface area (Å²) < 4.78 is 18.1. The van der Waals surface area contributed by atoms with Gasteiger partial charge in [-0.1, -0.05) is 15.9 Å². The number of halogens is 3. The Morgan fingerprint density at radius 2 is 2.29 bits per heavy atom. The molecule has 0 fully saturated rings. The van der Waals surface area contributed by atoms with E-state index in [9.17, 15) is 9.18 Å². The Morgan fingerprint density at radius 3 is 2.79 bits per heavy atom. The van der Waals surface area contributed by atoms with E-state index in [-0.39, 0.29) is 5.82 Å². The quantitative estimate of drug-likeness (QED) is 0.453. The van der Waals surface area contributed by atoms with Crippen LogP contribution in [0.25, 0.3) is 0 Å². The summed E-state index contributed by atoms with van der Waals surface area (Å²) in [5.74, 6) is -0.773. The van der Waals surface area contributed by atoms with Crippen molar-refractivity contribution in [3.05, 3.63) is 32.6 Å². The van der Waals surface area contributed by atoms with Gasteiger partial charge in [0, 0.05) is 8.90 Å². The van der Waals surface area contributed by atoms with Crippen LogP contribution < -0.4 is 0 Å².